The van der Waals surface area contributed by atoms with Crippen LogP contribution in [0.4, 0.5) is 14.6 Å². The number of aromatic nitrogens is 2. The van der Waals surface area contributed by atoms with Gasteiger partial charge in [-0.15, -0.1) is 0 Å². The lowest BCUT2D eigenvalue weighted by Crippen LogP contribution is -2.12. The van der Waals surface area contributed by atoms with E-state index >= 15 is 0 Å². The third kappa shape index (κ3) is 6.28. The van der Waals surface area contributed by atoms with Crippen LogP contribution in [0.25, 0.3) is 0 Å². The Morgan fingerprint density at radius 2 is 1.92 bits per heavy atom. The molecule has 1 N–H and O–H groups in total. The average molecular weight is 359 g/mol. The Hall–Kier alpha value is -2.18. The Kier molecular flexibility index (Phi) is 7.36. The van der Waals surface area contributed by atoms with E-state index in [1.165, 1.54) is 12.1 Å². The number of anilines is 1. The van der Waals surface area contributed by atoms with Crippen LogP contribution in [0.3, 0.4) is 0 Å². The van der Waals surface area contributed by atoms with Crippen molar-refractivity contribution in [3.63, 3.8) is 0 Å². The summed E-state index contributed by atoms with van der Waals surface area (Å²) in [5.41, 5.74) is 0.778. The van der Waals surface area contributed by atoms with E-state index in [1.54, 1.807) is 18.3 Å². The molecule has 0 aliphatic rings. The van der Waals surface area contributed by atoms with Gasteiger partial charge in [0, 0.05) is 12.1 Å². The lowest BCUT2D eigenvalue weighted by Gasteiger charge is -2.13. The quantitative estimate of drug-likeness (QED) is 0.510. The minimum atomic E-state index is -3.30. The minimum Gasteiger partial charge on any atom is -0.488 e. The van der Waals surface area contributed by atoms with Crippen LogP contribution in [0.2, 0.25) is 0 Å². The van der Waals surface area contributed by atoms with E-state index in [4.69, 9.17) is 12.6 Å². The SMILES string of the molecule is [B]C(F)(F)c1ccc(CCCOc2cnc(C)nc2NCCCC)cc1. The zero-order valence-corrected chi connectivity index (χ0v) is 15.3. The van der Waals surface area contributed by atoms with E-state index in [1.807, 2.05) is 6.92 Å². The van der Waals surface area contributed by atoms with Gasteiger partial charge in [-0.1, -0.05) is 37.6 Å². The molecular formula is C19H24BF2N3O. The summed E-state index contributed by atoms with van der Waals surface area (Å²) in [6, 6.07) is 6.06. The summed E-state index contributed by atoms with van der Waals surface area (Å²) in [6.07, 6.45) is 5.31. The molecular weight excluding hydrogens is 335 g/mol. The van der Waals surface area contributed by atoms with E-state index in [0.717, 1.165) is 37.8 Å². The first kappa shape index (κ1) is 20.1. The Morgan fingerprint density at radius 1 is 1.19 bits per heavy atom. The highest BCUT2D eigenvalue weighted by atomic mass is 19.3. The number of rotatable bonds is 10. The number of nitrogens with one attached hydrogen (secondary N) is 1. The van der Waals surface area contributed by atoms with Gasteiger partial charge in [0.1, 0.15) is 5.82 Å². The summed E-state index contributed by atoms with van der Waals surface area (Å²) in [6.45, 7) is 5.29. The van der Waals surface area contributed by atoms with Crippen molar-refractivity contribution in [1.29, 1.82) is 0 Å². The lowest BCUT2D eigenvalue weighted by atomic mass is 9.90. The van der Waals surface area contributed by atoms with Crippen LogP contribution in [0, 0.1) is 6.92 Å². The van der Waals surface area contributed by atoms with Crippen LogP contribution in [-0.4, -0.2) is 31.0 Å². The fourth-order valence-corrected chi connectivity index (χ4v) is 2.43. The monoisotopic (exact) mass is 359 g/mol. The first-order valence-electron chi connectivity index (χ1n) is 8.86. The van der Waals surface area contributed by atoms with Gasteiger partial charge < -0.3 is 10.1 Å². The molecule has 0 atom stereocenters. The zero-order valence-electron chi connectivity index (χ0n) is 15.3. The third-order valence-corrected chi connectivity index (χ3v) is 3.90. The van der Waals surface area contributed by atoms with Crippen LogP contribution in [0.5, 0.6) is 5.75 Å². The predicted molar refractivity (Wildman–Crippen MR) is 100 cm³/mol. The first-order valence-corrected chi connectivity index (χ1v) is 8.86. The normalized spacial score (nSPS) is 11.4. The maximum Gasteiger partial charge on any atom is 0.224 e. The van der Waals surface area contributed by atoms with Gasteiger partial charge in [0.2, 0.25) is 5.82 Å². The molecule has 0 unspecified atom stereocenters. The largest absolute Gasteiger partial charge is 0.488 e. The van der Waals surface area contributed by atoms with Crippen LogP contribution < -0.4 is 10.1 Å². The molecule has 0 aliphatic heterocycles. The number of hydrogen-bond acceptors (Lipinski definition) is 4. The molecule has 0 saturated heterocycles. The number of alkyl halides is 2. The molecule has 2 rings (SSSR count). The molecule has 1 aromatic carbocycles. The number of halogens is 2. The summed E-state index contributed by atoms with van der Waals surface area (Å²) in [5.74, 6) is -1.27. The van der Waals surface area contributed by atoms with Crippen LogP contribution in [0.15, 0.2) is 30.5 Å². The number of aryl methyl sites for hydroxylation is 2. The highest BCUT2D eigenvalue weighted by molar-refractivity contribution is 6.13. The summed E-state index contributed by atoms with van der Waals surface area (Å²) < 4.78 is 31.8. The molecule has 2 radical (unpaired) electrons. The zero-order chi connectivity index (χ0) is 19.0. The van der Waals surface area contributed by atoms with Crippen molar-refractivity contribution in [2.24, 2.45) is 0 Å². The van der Waals surface area contributed by atoms with Crippen LogP contribution in [0.1, 0.15) is 43.1 Å². The van der Waals surface area contributed by atoms with E-state index in [0.29, 0.717) is 24.0 Å². The minimum absolute atomic E-state index is 0.183. The van der Waals surface area contributed by atoms with E-state index in [2.05, 4.69) is 22.2 Å². The second-order valence-electron chi connectivity index (χ2n) is 6.18. The number of ether oxygens (including phenoxy) is 1. The molecule has 1 heterocycles. The van der Waals surface area contributed by atoms with Gasteiger partial charge in [-0.2, -0.15) is 0 Å². The van der Waals surface area contributed by atoms with Gasteiger partial charge in [0.25, 0.3) is 0 Å². The second-order valence-corrected chi connectivity index (χ2v) is 6.18. The fraction of sp³-hybridized carbons (Fsp3) is 0.474. The van der Waals surface area contributed by atoms with Crippen molar-refractivity contribution in [2.75, 3.05) is 18.5 Å². The Labute approximate surface area is 154 Å². The van der Waals surface area contributed by atoms with Gasteiger partial charge in [-0.3, -0.25) is 0 Å². The maximum absolute atomic E-state index is 13.0. The number of benzene rings is 1. The molecule has 2 aromatic rings. The summed E-state index contributed by atoms with van der Waals surface area (Å²) in [5, 5.41) is 3.27. The third-order valence-electron chi connectivity index (χ3n) is 3.90. The highest BCUT2D eigenvalue weighted by Gasteiger charge is 2.22. The van der Waals surface area contributed by atoms with Crippen LogP contribution in [-0.2, 0) is 12.2 Å². The molecule has 0 amide bonds. The van der Waals surface area contributed by atoms with E-state index < -0.39 is 5.82 Å². The Morgan fingerprint density at radius 3 is 2.58 bits per heavy atom. The first-order chi connectivity index (χ1) is 12.4. The van der Waals surface area contributed by atoms with Gasteiger partial charge >= 0.3 is 0 Å². The standard InChI is InChI=1S/C19H24BF2N3O/c1-3-4-11-23-18-17(13-24-14(2)25-18)26-12-5-6-15-7-9-16(10-8-15)19(20,21)22/h7-10,13H,3-6,11-12H2,1-2H3,(H,23,24,25). The molecule has 138 valence electrons. The highest BCUT2D eigenvalue weighted by Crippen LogP contribution is 2.24. The number of nitrogens with zero attached hydrogens (tertiary/aromatic N) is 2. The summed E-state index contributed by atoms with van der Waals surface area (Å²) in [4.78, 5) is 8.56. The van der Waals surface area contributed by atoms with E-state index in [-0.39, 0.29) is 5.56 Å². The van der Waals surface area contributed by atoms with Gasteiger partial charge in [-0.05, 0) is 31.7 Å². The van der Waals surface area contributed by atoms with Crippen molar-refractivity contribution in [3.8, 4) is 5.75 Å². The average Bonchev–Trinajstić information content (AvgIpc) is 2.60. The lowest BCUT2D eigenvalue weighted by molar-refractivity contribution is 0.0941. The molecule has 4 nitrogen and oxygen atoms in total. The smallest absolute Gasteiger partial charge is 0.224 e. The van der Waals surface area contributed by atoms with Crippen molar-refractivity contribution in [1.82, 2.24) is 9.97 Å². The van der Waals surface area contributed by atoms with Crippen molar-refractivity contribution in [2.45, 2.75) is 45.4 Å². The molecule has 0 bridgehead atoms. The van der Waals surface area contributed by atoms with Gasteiger partial charge in [0.15, 0.2) is 19.4 Å². The van der Waals surface area contributed by atoms with Gasteiger partial charge in [0.05, 0.1) is 12.8 Å². The molecule has 7 heteroatoms. The van der Waals surface area contributed by atoms with Crippen molar-refractivity contribution >= 4 is 13.7 Å². The summed E-state index contributed by atoms with van der Waals surface area (Å²) in [7, 11) is 4.79. The van der Waals surface area contributed by atoms with Gasteiger partial charge in [-0.25, -0.2) is 18.7 Å². The second kappa shape index (κ2) is 9.50. The molecule has 0 spiro atoms. The number of unbranched alkanes of at least 4 members (excludes halogenated alkanes) is 1. The van der Waals surface area contributed by atoms with E-state index in [9.17, 15) is 8.78 Å². The molecule has 1 aromatic heterocycles. The maximum atomic E-state index is 13.0. The van der Waals surface area contributed by atoms with Crippen molar-refractivity contribution < 1.29 is 13.5 Å². The molecule has 0 fully saturated rings. The summed E-state index contributed by atoms with van der Waals surface area (Å²) >= 11 is 0. The predicted octanol–water partition coefficient (Wildman–Crippen LogP) is 4.23. The molecule has 26 heavy (non-hydrogen) atoms. The molecule has 0 saturated carbocycles. The number of hydrogen-bond donors (Lipinski definition) is 1. The fourth-order valence-electron chi connectivity index (χ4n) is 2.43. The Balaban J connectivity index is 1.84. The topological polar surface area (TPSA) is 47.0 Å². The molecule has 0 aliphatic carbocycles. The van der Waals surface area contributed by atoms with Crippen LogP contribution >= 0.6 is 0 Å². The Bertz CT molecular complexity index is 690. The van der Waals surface area contributed by atoms with Crippen molar-refractivity contribution in [3.05, 3.63) is 47.4 Å².